The molecule has 0 N–H and O–H groups in total. The second-order valence-corrected chi connectivity index (χ2v) is 12.0. The fourth-order valence-corrected chi connectivity index (χ4v) is 5.68. The van der Waals surface area contributed by atoms with Gasteiger partial charge >= 0.3 is 0 Å². The van der Waals surface area contributed by atoms with Crippen LogP contribution < -0.4 is 0 Å². The summed E-state index contributed by atoms with van der Waals surface area (Å²) in [4.78, 5) is 0. The number of ether oxygens (including phenoxy) is 6. The van der Waals surface area contributed by atoms with Gasteiger partial charge in [0.25, 0.3) is 0 Å². The van der Waals surface area contributed by atoms with Crippen LogP contribution in [0.5, 0.6) is 0 Å². The molecule has 1 heterocycles. The number of hydrogen-bond donors (Lipinski definition) is 0. The van der Waals surface area contributed by atoms with E-state index < -0.39 is 5.60 Å². The molecule has 0 saturated carbocycles. The van der Waals surface area contributed by atoms with Crippen molar-refractivity contribution in [2.45, 2.75) is 37.1 Å². The molecule has 0 radical (unpaired) electrons. The first kappa shape index (κ1) is 33.7. The lowest BCUT2D eigenvalue weighted by molar-refractivity contribution is -0.116. The number of rotatable bonds is 20. The lowest BCUT2D eigenvalue weighted by Crippen LogP contribution is -2.38. The largest absolute Gasteiger partial charge is 0.376 e. The van der Waals surface area contributed by atoms with Gasteiger partial charge in [-0.15, -0.1) is 0 Å². The standard InChI is InChI=1S/C42H44O6/c1-6-16-34(17-7-1)26-45-39(28-43-30-40-32-47-40)29-44-31-41(46-27-35-18-8-2-9-19-35)33-48-42(36-20-10-3-11-21-36,37-22-12-4-13-23-37)38-24-14-5-15-25-38/h1-25,39-41H,26-33H2. The van der Waals surface area contributed by atoms with Crippen LogP contribution >= 0.6 is 0 Å². The quantitative estimate of drug-likeness (QED) is 0.0643. The zero-order chi connectivity index (χ0) is 32.7. The van der Waals surface area contributed by atoms with Crippen molar-refractivity contribution in [1.29, 1.82) is 0 Å². The van der Waals surface area contributed by atoms with Crippen molar-refractivity contribution in [2.24, 2.45) is 0 Å². The van der Waals surface area contributed by atoms with Gasteiger partial charge in [-0.3, -0.25) is 0 Å². The lowest BCUT2D eigenvalue weighted by atomic mass is 9.80. The van der Waals surface area contributed by atoms with E-state index in [1.54, 1.807) is 0 Å². The normalized spacial score (nSPS) is 15.5. The first-order chi connectivity index (χ1) is 23.8. The van der Waals surface area contributed by atoms with Crippen molar-refractivity contribution in [1.82, 2.24) is 0 Å². The van der Waals surface area contributed by atoms with Gasteiger partial charge in [-0.2, -0.15) is 0 Å². The fraction of sp³-hybridized carbons (Fsp3) is 0.286. The van der Waals surface area contributed by atoms with Crippen LogP contribution in [0.4, 0.5) is 0 Å². The zero-order valence-corrected chi connectivity index (χ0v) is 27.3. The molecule has 6 rings (SSSR count). The van der Waals surface area contributed by atoms with E-state index in [4.69, 9.17) is 28.4 Å². The molecule has 0 spiro atoms. The van der Waals surface area contributed by atoms with Crippen molar-refractivity contribution in [2.75, 3.05) is 39.6 Å². The van der Waals surface area contributed by atoms with Gasteiger partial charge in [-0.05, 0) is 27.8 Å². The molecule has 5 aromatic carbocycles. The molecule has 0 amide bonds. The minimum absolute atomic E-state index is 0.188. The molecule has 5 aromatic rings. The van der Waals surface area contributed by atoms with Crippen LogP contribution in [0.15, 0.2) is 152 Å². The van der Waals surface area contributed by atoms with Crippen molar-refractivity contribution in [3.8, 4) is 0 Å². The zero-order valence-electron chi connectivity index (χ0n) is 27.3. The van der Waals surface area contributed by atoms with Crippen molar-refractivity contribution in [3.05, 3.63) is 179 Å². The molecule has 3 unspecified atom stereocenters. The van der Waals surface area contributed by atoms with Crippen LogP contribution in [-0.2, 0) is 47.2 Å². The first-order valence-corrected chi connectivity index (χ1v) is 16.7. The highest BCUT2D eigenvalue weighted by molar-refractivity contribution is 5.47. The molecule has 3 atom stereocenters. The van der Waals surface area contributed by atoms with Gasteiger partial charge in [0.15, 0.2) is 0 Å². The van der Waals surface area contributed by atoms with Gasteiger partial charge < -0.3 is 28.4 Å². The molecule has 1 fully saturated rings. The summed E-state index contributed by atoms with van der Waals surface area (Å²) in [5, 5.41) is 0. The maximum absolute atomic E-state index is 7.12. The maximum atomic E-state index is 7.12. The highest BCUT2D eigenvalue weighted by Crippen LogP contribution is 2.40. The summed E-state index contributed by atoms with van der Waals surface area (Å²) in [6.07, 6.45) is -0.430. The smallest absolute Gasteiger partial charge is 0.143 e. The van der Waals surface area contributed by atoms with E-state index in [0.717, 1.165) is 34.4 Å². The Morgan fingerprint density at radius 2 is 0.875 bits per heavy atom. The molecule has 1 aliphatic heterocycles. The van der Waals surface area contributed by atoms with E-state index >= 15 is 0 Å². The van der Waals surface area contributed by atoms with Gasteiger partial charge in [0.05, 0.1) is 52.9 Å². The summed E-state index contributed by atoms with van der Waals surface area (Å²) >= 11 is 0. The highest BCUT2D eigenvalue weighted by atomic mass is 16.6. The second-order valence-electron chi connectivity index (χ2n) is 12.0. The van der Waals surface area contributed by atoms with Crippen LogP contribution in [0.1, 0.15) is 27.8 Å². The summed E-state index contributed by atoms with van der Waals surface area (Å²) in [5.41, 5.74) is 4.44. The van der Waals surface area contributed by atoms with Crippen molar-refractivity contribution in [3.63, 3.8) is 0 Å². The van der Waals surface area contributed by atoms with Crippen LogP contribution in [0.3, 0.4) is 0 Å². The van der Waals surface area contributed by atoms with Gasteiger partial charge in [0.1, 0.15) is 23.9 Å². The minimum Gasteiger partial charge on any atom is -0.376 e. The van der Waals surface area contributed by atoms with Crippen LogP contribution in [0.2, 0.25) is 0 Å². The Labute approximate surface area is 284 Å². The van der Waals surface area contributed by atoms with Crippen LogP contribution in [0, 0.1) is 0 Å². The molecule has 0 aromatic heterocycles. The predicted octanol–water partition coefficient (Wildman–Crippen LogP) is 7.60. The topological polar surface area (TPSA) is 58.7 Å². The third-order valence-electron chi connectivity index (χ3n) is 8.30. The molecule has 1 aliphatic rings. The molecule has 1 saturated heterocycles. The molecule has 248 valence electrons. The SMILES string of the molecule is c1ccc(COC(COCC2CO2)COCC(COC(c2ccccc2)(c2ccccc2)c2ccccc2)OCc2ccccc2)cc1. The Kier molecular flexibility index (Phi) is 12.6. The Morgan fingerprint density at radius 1 is 0.500 bits per heavy atom. The summed E-state index contributed by atoms with van der Waals surface area (Å²) in [5.74, 6) is 0. The number of benzene rings is 5. The Morgan fingerprint density at radius 3 is 1.29 bits per heavy atom. The molecular formula is C42H44O6. The van der Waals surface area contributed by atoms with E-state index in [0.29, 0.717) is 39.6 Å². The Bertz CT molecular complexity index is 1480. The van der Waals surface area contributed by atoms with Gasteiger partial charge in [0, 0.05) is 0 Å². The minimum atomic E-state index is -0.863. The second kappa shape index (κ2) is 17.9. The molecule has 0 aliphatic carbocycles. The van der Waals surface area contributed by atoms with E-state index in [1.807, 2.05) is 54.6 Å². The maximum Gasteiger partial charge on any atom is 0.143 e. The molecule has 48 heavy (non-hydrogen) atoms. The average molecular weight is 645 g/mol. The molecule has 6 nitrogen and oxygen atoms in total. The fourth-order valence-electron chi connectivity index (χ4n) is 5.68. The van der Waals surface area contributed by atoms with Crippen molar-refractivity contribution >= 4 is 0 Å². The van der Waals surface area contributed by atoms with E-state index in [2.05, 4.69) is 97.1 Å². The van der Waals surface area contributed by atoms with Gasteiger partial charge in [0.2, 0.25) is 0 Å². The predicted molar refractivity (Wildman–Crippen MR) is 187 cm³/mol. The third-order valence-corrected chi connectivity index (χ3v) is 8.30. The van der Waals surface area contributed by atoms with E-state index in [1.165, 1.54) is 0 Å². The van der Waals surface area contributed by atoms with Crippen LogP contribution in [0.25, 0.3) is 0 Å². The van der Waals surface area contributed by atoms with Gasteiger partial charge in [-0.25, -0.2) is 0 Å². The summed E-state index contributed by atoms with van der Waals surface area (Å²) in [7, 11) is 0. The molecule has 6 heteroatoms. The molecular weight excluding hydrogens is 600 g/mol. The highest BCUT2D eigenvalue weighted by Gasteiger charge is 2.38. The van der Waals surface area contributed by atoms with Gasteiger partial charge in [-0.1, -0.05) is 152 Å². The average Bonchev–Trinajstić information content (AvgIpc) is 3.99. The van der Waals surface area contributed by atoms with Crippen molar-refractivity contribution < 1.29 is 28.4 Å². The van der Waals surface area contributed by atoms with E-state index in [-0.39, 0.29) is 24.9 Å². The summed E-state index contributed by atoms with van der Waals surface area (Å²) < 4.78 is 37.5. The summed E-state index contributed by atoms with van der Waals surface area (Å²) in [6, 6.07) is 51.5. The number of epoxide rings is 1. The molecule has 0 bridgehead atoms. The first-order valence-electron chi connectivity index (χ1n) is 16.7. The lowest BCUT2D eigenvalue weighted by Gasteiger charge is -2.37. The Hall–Kier alpha value is -4.14. The monoisotopic (exact) mass is 644 g/mol. The van der Waals surface area contributed by atoms with Crippen LogP contribution in [-0.4, -0.2) is 58.0 Å². The third kappa shape index (κ3) is 9.70. The number of hydrogen-bond acceptors (Lipinski definition) is 6. The summed E-state index contributed by atoms with van der Waals surface area (Å²) in [6.45, 7) is 3.59. The Balaban J connectivity index is 1.20. The van der Waals surface area contributed by atoms with E-state index in [9.17, 15) is 0 Å².